The van der Waals surface area contributed by atoms with Gasteiger partial charge in [-0.05, 0) is 71.6 Å². The fourth-order valence-corrected chi connectivity index (χ4v) is 5.68. The number of halogens is 3. The molecule has 2 aliphatic rings. The Hall–Kier alpha value is -3.79. The third-order valence-electron chi connectivity index (χ3n) is 7.75. The molecule has 1 aliphatic carbocycles. The van der Waals surface area contributed by atoms with Gasteiger partial charge in [-0.15, -0.1) is 0 Å². The van der Waals surface area contributed by atoms with Crippen molar-refractivity contribution in [1.29, 1.82) is 0 Å². The Balaban J connectivity index is 1.58. The highest BCUT2D eigenvalue weighted by molar-refractivity contribution is 6.32. The maximum Gasteiger partial charge on any atom is 0.306 e. The summed E-state index contributed by atoms with van der Waals surface area (Å²) in [5, 5.41) is 4.67. The molecule has 3 aromatic rings. The van der Waals surface area contributed by atoms with Gasteiger partial charge in [-0.1, -0.05) is 45.4 Å². The molecule has 0 saturated heterocycles. The summed E-state index contributed by atoms with van der Waals surface area (Å²) in [7, 11) is 0. The molecule has 5 rings (SSSR count). The second kappa shape index (κ2) is 10.8. The second-order valence-electron chi connectivity index (χ2n) is 12.7. The lowest BCUT2D eigenvalue weighted by atomic mass is 9.75. The van der Waals surface area contributed by atoms with E-state index in [0.717, 1.165) is 31.0 Å². The second-order valence-corrected chi connectivity index (χ2v) is 13.2. The number of rotatable bonds is 9. The Bertz CT molecular complexity index is 1530. The molecule has 42 heavy (non-hydrogen) atoms. The first-order chi connectivity index (χ1) is 19.7. The molecule has 11 heteroatoms. The minimum atomic E-state index is -1.70. The van der Waals surface area contributed by atoms with Gasteiger partial charge in [-0.25, -0.2) is 18.5 Å². The fourth-order valence-electron chi connectivity index (χ4n) is 5.47. The number of nitrogens with two attached hydrogens (primary N) is 1. The van der Waals surface area contributed by atoms with Gasteiger partial charge >= 0.3 is 5.97 Å². The van der Waals surface area contributed by atoms with Crippen molar-refractivity contribution in [2.75, 3.05) is 6.61 Å². The Kier molecular flexibility index (Phi) is 7.64. The lowest BCUT2D eigenvalue weighted by Gasteiger charge is -2.35. The number of carbonyl (C=O) groups is 2. The molecule has 1 amide bonds. The van der Waals surface area contributed by atoms with Crippen molar-refractivity contribution in [2.24, 2.45) is 21.6 Å². The van der Waals surface area contributed by atoms with Crippen molar-refractivity contribution < 1.29 is 23.1 Å². The molecular formula is C31H34ClF2N5O3. The molecule has 0 bridgehead atoms. The quantitative estimate of drug-likeness (QED) is 0.302. The summed E-state index contributed by atoms with van der Waals surface area (Å²) in [6.07, 6.45) is 5.59. The van der Waals surface area contributed by atoms with Crippen LogP contribution in [0.5, 0.6) is 0 Å². The van der Waals surface area contributed by atoms with Gasteiger partial charge in [-0.2, -0.15) is 5.10 Å². The van der Waals surface area contributed by atoms with Crippen LogP contribution >= 0.6 is 11.6 Å². The van der Waals surface area contributed by atoms with E-state index in [2.05, 4.69) is 10.1 Å². The minimum absolute atomic E-state index is 0.0520. The standard InChI is InChI=1S/C31H34ClF2N5O3/c1-29(2,3)18-31(20-13-21(33)15-22(34)14-20)27(41)39(28(35)37-31)25(17-42-26(40)16-30(4)8-9-30)19-6-7-23(32)24(12-19)38-11-5-10-36-38/h5-7,10-15,25H,8-9,16-18H2,1-4H3,(H2,35,37)/t25-,31-/m1/s1. The SMILES string of the molecule is CC(C)(C)C[C@]1(c2cc(F)cc(F)c2)N=C(N)N([C@H](COC(=O)CC2(C)CC2)c2ccc(Cl)c(-n3cccn3)c2)C1=O. The van der Waals surface area contributed by atoms with Crippen LogP contribution in [-0.2, 0) is 19.9 Å². The number of aliphatic imine (C=N–C) groups is 1. The predicted molar refractivity (Wildman–Crippen MR) is 155 cm³/mol. The van der Waals surface area contributed by atoms with Crippen molar-refractivity contribution in [1.82, 2.24) is 14.7 Å². The van der Waals surface area contributed by atoms with Crippen LogP contribution in [0.4, 0.5) is 8.78 Å². The van der Waals surface area contributed by atoms with Crippen LogP contribution < -0.4 is 5.73 Å². The van der Waals surface area contributed by atoms with E-state index in [1.54, 1.807) is 41.3 Å². The topological polar surface area (TPSA) is 103 Å². The molecule has 0 unspecified atom stereocenters. The normalized spacial score (nSPS) is 20.4. The van der Waals surface area contributed by atoms with Crippen molar-refractivity contribution in [3.63, 3.8) is 0 Å². The van der Waals surface area contributed by atoms with E-state index in [0.29, 0.717) is 16.3 Å². The first kappa shape index (κ1) is 29.7. The van der Waals surface area contributed by atoms with Gasteiger partial charge in [0.25, 0.3) is 5.91 Å². The molecule has 2 heterocycles. The number of amides is 1. The first-order valence-electron chi connectivity index (χ1n) is 13.8. The maximum absolute atomic E-state index is 14.5. The van der Waals surface area contributed by atoms with Crippen LogP contribution in [0.3, 0.4) is 0 Å². The molecule has 0 radical (unpaired) electrons. The van der Waals surface area contributed by atoms with Gasteiger partial charge in [0.2, 0.25) is 0 Å². The van der Waals surface area contributed by atoms with E-state index in [-0.39, 0.29) is 36.4 Å². The number of carbonyl (C=O) groups excluding carboxylic acids is 2. The van der Waals surface area contributed by atoms with Crippen LogP contribution in [0.15, 0.2) is 59.9 Å². The smallest absolute Gasteiger partial charge is 0.306 e. The highest BCUT2D eigenvalue weighted by Gasteiger charge is 2.53. The van der Waals surface area contributed by atoms with E-state index in [9.17, 15) is 18.4 Å². The van der Waals surface area contributed by atoms with Gasteiger partial charge < -0.3 is 10.5 Å². The van der Waals surface area contributed by atoms with Crippen LogP contribution in [0.25, 0.3) is 5.69 Å². The Morgan fingerprint density at radius 2 is 1.86 bits per heavy atom. The monoisotopic (exact) mass is 597 g/mol. The van der Waals surface area contributed by atoms with E-state index in [1.165, 1.54) is 4.90 Å². The van der Waals surface area contributed by atoms with Gasteiger partial charge in [0, 0.05) is 18.5 Å². The van der Waals surface area contributed by atoms with Gasteiger partial charge in [0.1, 0.15) is 18.2 Å². The maximum atomic E-state index is 14.5. The summed E-state index contributed by atoms with van der Waals surface area (Å²) >= 11 is 6.50. The Morgan fingerprint density at radius 1 is 1.17 bits per heavy atom. The molecule has 0 spiro atoms. The summed E-state index contributed by atoms with van der Waals surface area (Å²) < 4.78 is 36.3. The molecule has 1 fully saturated rings. The number of benzene rings is 2. The number of nitrogens with zero attached hydrogens (tertiary/aromatic N) is 4. The Labute approximate surface area is 248 Å². The molecule has 2 aromatic carbocycles. The third-order valence-corrected chi connectivity index (χ3v) is 8.07. The summed E-state index contributed by atoms with van der Waals surface area (Å²) in [5.41, 5.74) is 5.35. The van der Waals surface area contributed by atoms with Crippen LogP contribution in [0.1, 0.15) is 70.5 Å². The zero-order chi connectivity index (χ0) is 30.4. The van der Waals surface area contributed by atoms with Crippen LogP contribution in [0, 0.1) is 22.5 Å². The average Bonchev–Trinajstić information content (AvgIpc) is 3.27. The average molecular weight is 598 g/mol. The van der Waals surface area contributed by atoms with Crippen LogP contribution in [0.2, 0.25) is 5.02 Å². The Morgan fingerprint density at radius 3 is 2.45 bits per heavy atom. The van der Waals surface area contributed by atoms with E-state index in [1.807, 2.05) is 27.7 Å². The number of aromatic nitrogens is 2. The number of guanidine groups is 1. The molecule has 8 nitrogen and oxygen atoms in total. The van der Waals surface area contributed by atoms with E-state index in [4.69, 9.17) is 22.1 Å². The number of esters is 1. The highest BCUT2D eigenvalue weighted by Crippen LogP contribution is 2.48. The predicted octanol–water partition coefficient (Wildman–Crippen LogP) is 6.07. The number of hydrogen-bond acceptors (Lipinski definition) is 6. The molecule has 1 aliphatic heterocycles. The molecule has 1 saturated carbocycles. The summed E-state index contributed by atoms with van der Waals surface area (Å²) in [4.78, 5) is 33.2. The van der Waals surface area contributed by atoms with Crippen molar-refractivity contribution in [2.45, 2.75) is 65.0 Å². The number of hydrogen-bond donors (Lipinski definition) is 1. The lowest BCUT2D eigenvalue weighted by Crippen LogP contribution is -2.47. The summed E-state index contributed by atoms with van der Waals surface area (Å²) in [6, 6.07) is 8.90. The zero-order valence-electron chi connectivity index (χ0n) is 24.0. The minimum Gasteiger partial charge on any atom is -0.463 e. The van der Waals surface area contributed by atoms with Gasteiger partial charge in [0.05, 0.1) is 23.2 Å². The summed E-state index contributed by atoms with van der Waals surface area (Å²) in [5.74, 6) is -2.79. The molecule has 222 valence electrons. The van der Waals surface area contributed by atoms with Crippen LogP contribution in [-0.4, -0.2) is 39.1 Å². The lowest BCUT2D eigenvalue weighted by molar-refractivity contribution is -0.148. The van der Waals surface area contributed by atoms with Gasteiger partial charge in [-0.3, -0.25) is 14.5 Å². The molecule has 2 N–H and O–H groups in total. The van der Waals surface area contributed by atoms with E-state index < -0.39 is 40.5 Å². The molecule has 1 aromatic heterocycles. The largest absolute Gasteiger partial charge is 0.463 e. The van der Waals surface area contributed by atoms with Crippen molar-refractivity contribution >= 4 is 29.4 Å². The first-order valence-corrected chi connectivity index (χ1v) is 14.2. The highest BCUT2D eigenvalue weighted by atomic mass is 35.5. The van der Waals surface area contributed by atoms with Crippen molar-refractivity contribution in [3.05, 3.63) is 82.6 Å². The molecule has 2 atom stereocenters. The fraction of sp³-hybridized carbons (Fsp3) is 0.419. The third kappa shape index (κ3) is 6.04. The van der Waals surface area contributed by atoms with Crippen molar-refractivity contribution in [3.8, 4) is 5.69 Å². The van der Waals surface area contributed by atoms with Gasteiger partial charge in [0.15, 0.2) is 11.5 Å². The number of ether oxygens (including phenoxy) is 1. The molecular weight excluding hydrogens is 564 g/mol. The zero-order valence-corrected chi connectivity index (χ0v) is 24.8. The summed E-state index contributed by atoms with van der Waals surface area (Å²) in [6.45, 7) is 7.51. The van der Waals surface area contributed by atoms with E-state index >= 15 is 0 Å².